The first kappa shape index (κ1) is 15.2. The molecule has 0 fully saturated rings. The fourth-order valence-electron chi connectivity index (χ4n) is 1.49. The van der Waals surface area contributed by atoms with Gasteiger partial charge in [0.2, 0.25) is 0 Å². The van der Waals surface area contributed by atoms with Crippen molar-refractivity contribution >= 4 is 5.78 Å². The number of carbonyl (C=O) groups excluding carboxylic acids is 1. The van der Waals surface area contributed by atoms with Crippen LogP contribution in [0.5, 0.6) is 0 Å². The highest BCUT2D eigenvalue weighted by molar-refractivity contribution is 5.75. The van der Waals surface area contributed by atoms with Crippen molar-refractivity contribution in [3.8, 4) is 0 Å². The lowest BCUT2D eigenvalue weighted by Crippen LogP contribution is -1.88. The molecule has 0 heterocycles. The number of allylic oxidation sites excluding steroid dienone is 4. The average Bonchev–Trinajstić information content (AvgIpc) is 2.25. The molecule has 0 aliphatic carbocycles. The van der Waals surface area contributed by atoms with E-state index in [1.807, 2.05) is 0 Å². The average molecular weight is 222 g/mol. The Hall–Kier alpha value is -0.850. The smallest absolute Gasteiger partial charge is 0.129 e. The van der Waals surface area contributed by atoms with Gasteiger partial charge < -0.3 is 4.79 Å². The van der Waals surface area contributed by atoms with E-state index in [2.05, 4.69) is 31.2 Å². The fraction of sp³-hybridized carbons (Fsp3) is 0.667. The Bertz CT molecular complexity index is 213. The molecular formula is C15H26O. The molecule has 0 saturated carbocycles. The van der Waals surface area contributed by atoms with Crippen LogP contribution in [0, 0.1) is 0 Å². The molecule has 0 bridgehead atoms. The number of carbonyl (C=O) groups is 1. The Morgan fingerprint density at radius 1 is 0.938 bits per heavy atom. The monoisotopic (exact) mass is 222 g/mol. The maximum absolute atomic E-state index is 10.7. The minimum absolute atomic E-state index is 0.316. The van der Waals surface area contributed by atoms with Crippen molar-refractivity contribution in [2.24, 2.45) is 0 Å². The van der Waals surface area contributed by atoms with Gasteiger partial charge in [-0.1, -0.05) is 44.1 Å². The highest BCUT2D eigenvalue weighted by Crippen LogP contribution is 2.04. The van der Waals surface area contributed by atoms with Crippen LogP contribution >= 0.6 is 0 Å². The zero-order valence-electron chi connectivity index (χ0n) is 10.9. The van der Waals surface area contributed by atoms with Gasteiger partial charge in [-0.05, 0) is 39.0 Å². The van der Waals surface area contributed by atoms with Crippen LogP contribution in [0.4, 0.5) is 0 Å². The van der Waals surface area contributed by atoms with Gasteiger partial charge in [-0.2, -0.15) is 0 Å². The highest BCUT2D eigenvalue weighted by Gasteiger charge is 1.92. The first-order chi connectivity index (χ1) is 7.77. The van der Waals surface area contributed by atoms with Crippen molar-refractivity contribution < 1.29 is 4.79 Å². The lowest BCUT2D eigenvalue weighted by atomic mass is 10.1. The summed E-state index contributed by atoms with van der Waals surface area (Å²) >= 11 is 0. The Morgan fingerprint density at radius 3 is 2.25 bits per heavy atom. The SMILES string of the molecule is CCC/C=C/C/C=C/CCCCCC(C)=O. The maximum atomic E-state index is 10.7. The summed E-state index contributed by atoms with van der Waals surface area (Å²) < 4.78 is 0. The molecule has 0 aliphatic rings. The minimum atomic E-state index is 0.316. The molecule has 0 atom stereocenters. The Morgan fingerprint density at radius 2 is 1.62 bits per heavy atom. The molecule has 0 aliphatic heterocycles. The van der Waals surface area contributed by atoms with Crippen molar-refractivity contribution in [3.63, 3.8) is 0 Å². The standard InChI is InChI=1S/C15H26O/c1-3-4-5-6-7-8-9-10-11-12-13-14-15(2)16/h5-6,8-9H,3-4,7,10-14H2,1-2H3/b6-5+,9-8+. The van der Waals surface area contributed by atoms with Crippen LogP contribution < -0.4 is 0 Å². The van der Waals surface area contributed by atoms with E-state index in [0.29, 0.717) is 5.78 Å². The van der Waals surface area contributed by atoms with Crippen molar-refractivity contribution in [2.45, 2.75) is 65.2 Å². The van der Waals surface area contributed by atoms with Gasteiger partial charge in [-0.25, -0.2) is 0 Å². The highest BCUT2D eigenvalue weighted by atomic mass is 16.1. The summed E-state index contributed by atoms with van der Waals surface area (Å²) in [7, 11) is 0. The van der Waals surface area contributed by atoms with E-state index in [0.717, 1.165) is 25.7 Å². The number of hydrogen-bond acceptors (Lipinski definition) is 1. The Kier molecular flexibility index (Phi) is 11.6. The van der Waals surface area contributed by atoms with E-state index in [9.17, 15) is 4.79 Å². The summed E-state index contributed by atoms with van der Waals surface area (Å²) in [4.78, 5) is 10.7. The van der Waals surface area contributed by atoms with E-state index < -0.39 is 0 Å². The Labute approximate surface area is 101 Å². The molecule has 1 nitrogen and oxygen atoms in total. The largest absolute Gasteiger partial charge is 0.300 e. The van der Waals surface area contributed by atoms with E-state index in [1.165, 1.54) is 25.7 Å². The number of hydrogen-bond donors (Lipinski definition) is 0. The predicted molar refractivity (Wildman–Crippen MR) is 71.6 cm³/mol. The maximum Gasteiger partial charge on any atom is 0.129 e. The molecule has 16 heavy (non-hydrogen) atoms. The van der Waals surface area contributed by atoms with Crippen molar-refractivity contribution in [2.75, 3.05) is 0 Å². The number of rotatable bonds is 10. The van der Waals surface area contributed by atoms with E-state index >= 15 is 0 Å². The topological polar surface area (TPSA) is 17.1 Å². The lowest BCUT2D eigenvalue weighted by molar-refractivity contribution is -0.117. The van der Waals surface area contributed by atoms with Gasteiger partial charge in [-0.3, -0.25) is 0 Å². The molecule has 0 aromatic heterocycles. The third kappa shape index (κ3) is 13.2. The third-order valence-corrected chi connectivity index (χ3v) is 2.46. The van der Waals surface area contributed by atoms with Crippen LogP contribution in [0.15, 0.2) is 24.3 Å². The summed E-state index contributed by atoms with van der Waals surface area (Å²) in [6.07, 6.45) is 17.8. The molecule has 0 rings (SSSR count). The van der Waals surface area contributed by atoms with Gasteiger partial charge in [0.1, 0.15) is 5.78 Å². The van der Waals surface area contributed by atoms with Crippen LogP contribution in [-0.2, 0) is 4.79 Å². The molecule has 0 radical (unpaired) electrons. The van der Waals surface area contributed by atoms with Gasteiger partial charge in [-0.15, -0.1) is 0 Å². The van der Waals surface area contributed by atoms with Crippen LogP contribution in [0.2, 0.25) is 0 Å². The molecule has 0 aromatic carbocycles. The van der Waals surface area contributed by atoms with Crippen LogP contribution in [0.1, 0.15) is 65.2 Å². The molecule has 0 aromatic rings. The van der Waals surface area contributed by atoms with Gasteiger partial charge in [0.25, 0.3) is 0 Å². The first-order valence-corrected chi connectivity index (χ1v) is 6.56. The normalized spacial score (nSPS) is 11.6. The zero-order chi connectivity index (χ0) is 12.1. The molecule has 1 heteroatoms. The third-order valence-electron chi connectivity index (χ3n) is 2.46. The number of Topliss-reactive ketones (excluding diaryl/α,β-unsaturated/α-hetero) is 1. The van der Waals surface area contributed by atoms with E-state index in [4.69, 9.17) is 0 Å². The van der Waals surface area contributed by atoms with Gasteiger partial charge >= 0.3 is 0 Å². The second-order valence-electron chi connectivity index (χ2n) is 4.27. The molecular weight excluding hydrogens is 196 g/mol. The number of unbranched alkanes of at least 4 members (excludes halogenated alkanes) is 4. The number of ketones is 1. The summed E-state index contributed by atoms with van der Waals surface area (Å²) in [5.74, 6) is 0.316. The second-order valence-corrected chi connectivity index (χ2v) is 4.27. The Balaban J connectivity index is 3.18. The van der Waals surface area contributed by atoms with Crippen molar-refractivity contribution in [1.29, 1.82) is 0 Å². The summed E-state index contributed by atoms with van der Waals surface area (Å²) in [6, 6.07) is 0. The molecule has 0 saturated heterocycles. The minimum Gasteiger partial charge on any atom is -0.300 e. The van der Waals surface area contributed by atoms with E-state index in [-0.39, 0.29) is 0 Å². The summed E-state index contributed by atoms with van der Waals surface area (Å²) in [6.45, 7) is 3.86. The molecule has 92 valence electrons. The second kappa shape index (κ2) is 12.2. The van der Waals surface area contributed by atoms with Crippen LogP contribution in [-0.4, -0.2) is 5.78 Å². The fourth-order valence-corrected chi connectivity index (χ4v) is 1.49. The van der Waals surface area contributed by atoms with Crippen LogP contribution in [0.3, 0.4) is 0 Å². The molecule has 0 unspecified atom stereocenters. The molecule has 0 amide bonds. The summed E-state index contributed by atoms with van der Waals surface area (Å²) in [5.41, 5.74) is 0. The van der Waals surface area contributed by atoms with Crippen molar-refractivity contribution in [1.82, 2.24) is 0 Å². The first-order valence-electron chi connectivity index (χ1n) is 6.56. The van der Waals surface area contributed by atoms with Gasteiger partial charge in [0, 0.05) is 6.42 Å². The van der Waals surface area contributed by atoms with Crippen LogP contribution in [0.25, 0.3) is 0 Å². The lowest BCUT2D eigenvalue weighted by Gasteiger charge is -1.95. The quantitative estimate of drug-likeness (QED) is 0.382. The molecule has 0 N–H and O–H groups in total. The van der Waals surface area contributed by atoms with Gasteiger partial charge in [0.15, 0.2) is 0 Å². The zero-order valence-corrected chi connectivity index (χ0v) is 10.9. The predicted octanol–water partition coefficient (Wildman–Crippen LogP) is 4.83. The molecule has 0 spiro atoms. The summed E-state index contributed by atoms with van der Waals surface area (Å²) in [5, 5.41) is 0. The van der Waals surface area contributed by atoms with Gasteiger partial charge in [0.05, 0.1) is 0 Å². The van der Waals surface area contributed by atoms with E-state index in [1.54, 1.807) is 6.92 Å². The van der Waals surface area contributed by atoms with Crippen molar-refractivity contribution in [3.05, 3.63) is 24.3 Å².